The molecule has 2 aliphatic carbocycles. The highest BCUT2D eigenvalue weighted by molar-refractivity contribution is 5.81. The number of nitrogens with one attached hydrogen (secondary N) is 1. The van der Waals surface area contributed by atoms with Crippen molar-refractivity contribution in [1.82, 2.24) is 10.2 Å². The zero-order valence-electron chi connectivity index (χ0n) is 28.2. The number of amides is 2. The molecule has 0 aromatic heterocycles. The predicted molar refractivity (Wildman–Crippen MR) is 169 cm³/mol. The zero-order valence-corrected chi connectivity index (χ0v) is 28.2. The maximum absolute atomic E-state index is 13.7. The lowest BCUT2D eigenvalue weighted by Gasteiger charge is -2.48. The molecule has 15 nitrogen and oxygen atoms in total. The van der Waals surface area contributed by atoms with Gasteiger partial charge in [-0.2, -0.15) is 0 Å². The fourth-order valence-corrected chi connectivity index (χ4v) is 7.77. The highest BCUT2D eigenvalue weighted by Crippen LogP contribution is 2.37. The molecule has 0 spiro atoms. The highest BCUT2D eigenvalue weighted by atomic mass is 16.7. The van der Waals surface area contributed by atoms with Gasteiger partial charge in [-0.1, -0.05) is 45.4 Å². The molecular weight excluding hydrogens is 630 g/mol. The van der Waals surface area contributed by atoms with Gasteiger partial charge in [0, 0.05) is 13.1 Å². The molecule has 2 saturated carbocycles. The number of hydrogen-bond acceptors (Lipinski definition) is 13. The number of likely N-dealkylation sites (tertiary alicyclic amines) is 1. The number of nitrogens with zero attached hydrogens (tertiary/aromatic N) is 1. The van der Waals surface area contributed by atoms with E-state index < -0.39 is 92.2 Å². The molecule has 0 aromatic rings. The standard InChI is InChI=1S/C33H57N3O12/c1-17-8-6-11-20(29(17)48-33-28(42)27(41)25(39)18(2)44-33)46-32-24(35-23(38)15-34)30(26(40)22(16-37)47-32)45-21(31(43)36-12-7-13-36)14-19-9-4-3-5-10-19/h17-22,24-30,32-33,37,39-42H,3-16,34H2,1-2H3,(H,35,38)/t17?,18?,20-,21+,22?,24?,25-,26+,27?,28?,29?,30?,32-,33+/m1/s1. The topological polar surface area (TPSA) is 223 Å². The van der Waals surface area contributed by atoms with E-state index in [4.69, 9.17) is 29.4 Å². The quantitative estimate of drug-likeness (QED) is 0.129. The number of carbonyl (C=O) groups excluding carboxylic acids is 2. The zero-order chi connectivity index (χ0) is 34.5. The van der Waals surface area contributed by atoms with Gasteiger partial charge in [-0.3, -0.25) is 9.59 Å². The second kappa shape index (κ2) is 17.1. The highest BCUT2D eigenvalue weighted by Gasteiger charge is 2.52. The van der Waals surface area contributed by atoms with E-state index in [9.17, 15) is 35.1 Å². The number of hydrogen-bond donors (Lipinski definition) is 7. The molecule has 0 radical (unpaired) electrons. The molecule has 3 saturated heterocycles. The van der Waals surface area contributed by atoms with Crippen LogP contribution in [0.15, 0.2) is 0 Å². The van der Waals surface area contributed by atoms with Crippen LogP contribution in [-0.4, -0.2) is 148 Å². The van der Waals surface area contributed by atoms with E-state index in [1.54, 1.807) is 11.8 Å². The molecule has 15 heteroatoms. The molecule has 5 rings (SSSR count). The maximum Gasteiger partial charge on any atom is 0.251 e. The van der Waals surface area contributed by atoms with Crippen molar-refractivity contribution in [3.63, 3.8) is 0 Å². The second-order valence-electron chi connectivity index (χ2n) is 14.4. The van der Waals surface area contributed by atoms with Crippen molar-refractivity contribution in [2.24, 2.45) is 17.6 Å². The van der Waals surface area contributed by atoms with Crippen LogP contribution in [0.5, 0.6) is 0 Å². The summed E-state index contributed by atoms with van der Waals surface area (Å²) < 4.78 is 31.2. The van der Waals surface area contributed by atoms with Crippen molar-refractivity contribution in [1.29, 1.82) is 0 Å². The van der Waals surface area contributed by atoms with Crippen molar-refractivity contribution in [3.8, 4) is 0 Å². The van der Waals surface area contributed by atoms with E-state index >= 15 is 0 Å². The molecular formula is C33H57N3O12. The number of rotatable bonds is 12. The maximum atomic E-state index is 13.7. The second-order valence-corrected chi connectivity index (χ2v) is 14.4. The van der Waals surface area contributed by atoms with Crippen LogP contribution in [0.25, 0.3) is 0 Å². The van der Waals surface area contributed by atoms with Gasteiger partial charge in [-0.25, -0.2) is 0 Å². The summed E-state index contributed by atoms with van der Waals surface area (Å²) in [6, 6.07) is -1.11. The summed E-state index contributed by atoms with van der Waals surface area (Å²) in [7, 11) is 0. The van der Waals surface area contributed by atoms with E-state index in [0.717, 1.165) is 51.4 Å². The molecule has 0 aromatic carbocycles. The van der Waals surface area contributed by atoms with Crippen molar-refractivity contribution < 1.29 is 58.8 Å². The first-order valence-corrected chi connectivity index (χ1v) is 17.9. The van der Waals surface area contributed by atoms with E-state index in [2.05, 4.69) is 5.32 Å². The first-order chi connectivity index (χ1) is 23.0. The summed E-state index contributed by atoms with van der Waals surface area (Å²) in [5, 5.41) is 55.8. The van der Waals surface area contributed by atoms with Gasteiger partial charge in [0.1, 0.15) is 48.8 Å². The fraction of sp³-hybridized carbons (Fsp3) is 0.939. The number of carbonyl (C=O) groups is 2. The molecule has 5 aliphatic rings. The van der Waals surface area contributed by atoms with Gasteiger partial charge in [0.2, 0.25) is 5.91 Å². The normalized spacial score (nSPS) is 41.8. The van der Waals surface area contributed by atoms with E-state index in [0.29, 0.717) is 25.9 Å². The summed E-state index contributed by atoms with van der Waals surface area (Å²) in [6.45, 7) is 3.86. The van der Waals surface area contributed by atoms with Gasteiger partial charge in [0.25, 0.3) is 5.91 Å². The Kier molecular flexibility index (Phi) is 13.5. The van der Waals surface area contributed by atoms with Gasteiger partial charge < -0.3 is 65.2 Å². The fourth-order valence-electron chi connectivity index (χ4n) is 7.77. The Bertz CT molecular complexity index is 1050. The van der Waals surface area contributed by atoms with Crippen molar-refractivity contribution >= 4 is 11.8 Å². The Balaban J connectivity index is 1.39. The number of ether oxygens (including phenoxy) is 5. The van der Waals surface area contributed by atoms with Crippen LogP contribution in [0.4, 0.5) is 0 Å². The first-order valence-electron chi connectivity index (χ1n) is 17.9. The third-order valence-corrected chi connectivity index (χ3v) is 10.9. The molecule has 276 valence electrons. The Labute approximate surface area is 282 Å². The van der Waals surface area contributed by atoms with Crippen LogP contribution in [0.3, 0.4) is 0 Å². The lowest BCUT2D eigenvalue weighted by molar-refractivity contribution is -0.336. The third-order valence-electron chi connectivity index (χ3n) is 10.9. The van der Waals surface area contributed by atoms with Crippen molar-refractivity contribution in [3.05, 3.63) is 0 Å². The largest absolute Gasteiger partial charge is 0.394 e. The Hall–Kier alpha value is -1.50. The summed E-state index contributed by atoms with van der Waals surface area (Å²) in [4.78, 5) is 28.2. The molecule has 14 atom stereocenters. The van der Waals surface area contributed by atoms with Crippen LogP contribution in [0.2, 0.25) is 0 Å². The van der Waals surface area contributed by atoms with Gasteiger partial charge in [-0.05, 0) is 44.4 Å². The van der Waals surface area contributed by atoms with Crippen LogP contribution in [-0.2, 0) is 33.3 Å². The molecule has 8 unspecified atom stereocenters. The van der Waals surface area contributed by atoms with Gasteiger partial charge >= 0.3 is 0 Å². The molecule has 3 aliphatic heterocycles. The van der Waals surface area contributed by atoms with Crippen LogP contribution in [0.1, 0.15) is 78.1 Å². The van der Waals surface area contributed by atoms with E-state index in [1.165, 1.54) is 0 Å². The minimum atomic E-state index is -1.51. The van der Waals surface area contributed by atoms with Crippen molar-refractivity contribution in [2.75, 3.05) is 26.2 Å². The summed E-state index contributed by atoms with van der Waals surface area (Å²) in [6.07, 6.45) is -4.78. The molecule has 3 heterocycles. The van der Waals surface area contributed by atoms with Gasteiger partial charge in [0.05, 0.1) is 31.5 Å². The van der Waals surface area contributed by atoms with Gasteiger partial charge in [-0.15, -0.1) is 0 Å². The average molecular weight is 688 g/mol. The average Bonchev–Trinajstić information content (AvgIpc) is 3.05. The summed E-state index contributed by atoms with van der Waals surface area (Å²) in [5.74, 6) is -0.511. The van der Waals surface area contributed by atoms with Gasteiger partial charge in [0.15, 0.2) is 12.6 Å². The molecule has 0 bridgehead atoms. The van der Waals surface area contributed by atoms with Crippen molar-refractivity contribution in [2.45, 2.75) is 158 Å². The first kappa shape index (κ1) is 37.7. The molecule has 2 amide bonds. The van der Waals surface area contributed by atoms with E-state index in [1.807, 2.05) is 6.92 Å². The number of nitrogens with two attached hydrogens (primary N) is 1. The smallest absolute Gasteiger partial charge is 0.251 e. The molecule has 8 N–H and O–H groups in total. The Morgan fingerprint density at radius 3 is 2.23 bits per heavy atom. The Morgan fingerprint density at radius 2 is 1.58 bits per heavy atom. The predicted octanol–water partition coefficient (Wildman–Crippen LogP) is -1.12. The number of aliphatic hydroxyl groups excluding tert-OH is 5. The molecule has 48 heavy (non-hydrogen) atoms. The minimum absolute atomic E-state index is 0.0835. The monoisotopic (exact) mass is 687 g/mol. The third kappa shape index (κ3) is 8.68. The summed E-state index contributed by atoms with van der Waals surface area (Å²) >= 11 is 0. The summed E-state index contributed by atoms with van der Waals surface area (Å²) in [5.41, 5.74) is 5.69. The van der Waals surface area contributed by atoms with E-state index in [-0.39, 0.29) is 24.3 Å². The van der Waals surface area contributed by atoms with Crippen LogP contribution < -0.4 is 11.1 Å². The number of aliphatic hydroxyl groups is 5. The lowest BCUT2D eigenvalue weighted by atomic mass is 9.84. The van der Waals surface area contributed by atoms with Crippen LogP contribution >= 0.6 is 0 Å². The molecule has 5 fully saturated rings. The Morgan fingerprint density at radius 1 is 0.854 bits per heavy atom. The minimum Gasteiger partial charge on any atom is -0.394 e. The van der Waals surface area contributed by atoms with Crippen LogP contribution in [0, 0.1) is 11.8 Å². The lowest BCUT2D eigenvalue weighted by Crippen LogP contribution is -2.68. The SMILES string of the molecule is CC1CCC[C@@H](O[C@@H]2OC(CO)[C@H](O)C(O[C@@H](CC3CCCCC3)C(=O)N3CCC3)C2NC(=O)CN)C1O[C@@H]1OC(C)[C@@H](O)C(O)C1O.